The number of benzene rings is 2. The van der Waals surface area contributed by atoms with E-state index in [1.54, 1.807) is 5.57 Å². The van der Waals surface area contributed by atoms with Gasteiger partial charge in [0.05, 0.1) is 0 Å². The second-order valence-electron chi connectivity index (χ2n) is 5.66. The van der Waals surface area contributed by atoms with Gasteiger partial charge >= 0.3 is 0 Å². The Kier molecular flexibility index (Phi) is 3.73. The average Bonchev–Trinajstić information content (AvgIpc) is 2.91. The summed E-state index contributed by atoms with van der Waals surface area (Å²) in [7, 11) is 0. The van der Waals surface area contributed by atoms with Crippen molar-refractivity contribution in [2.24, 2.45) is 0 Å². The Morgan fingerprint density at radius 1 is 0.950 bits per heavy atom. The number of aryl methyl sites for hydroxylation is 1. The Bertz CT molecular complexity index is 630. The Morgan fingerprint density at radius 3 is 2.45 bits per heavy atom. The first-order valence-electron chi connectivity index (χ1n) is 7.72. The lowest BCUT2D eigenvalue weighted by molar-refractivity contribution is 0.922. The fraction of sp³-hybridized carbons (Fsp3) is 0.300. The SMILES string of the molecule is CCCc1ccc(-c2cccc3c2C=C(CC)C3)cc1. The Hall–Kier alpha value is -1.82. The predicted octanol–water partition coefficient (Wildman–Crippen LogP) is 5.66. The Labute approximate surface area is 122 Å². The van der Waals surface area contributed by atoms with E-state index in [1.165, 1.54) is 40.7 Å². The van der Waals surface area contributed by atoms with Crippen molar-refractivity contribution in [3.05, 3.63) is 64.7 Å². The van der Waals surface area contributed by atoms with Crippen LogP contribution in [-0.2, 0) is 12.8 Å². The van der Waals surface area contributed by atoms with E-state index in [0.29, 0.717) is 0 Å². The van der Waals surface area contributed by atoms with Crippen LogP contribution in [0.5, 0.6) is 0 Å². The third-order valence-corrected chi connectivity index (χ3v) is 4.22. The zero-order valence-corrected chi connectivity index (χ0v) is 12.4. The van der Waals surface area contributed by atoms with Crippen LogP contribution in [0.2, 0.25) is 0 Å². The van der Waals surface area contributed by atoms with Crippen molar-refractivity contribution in [2.45, 2.75) is 39.5 Å². The van der Waals surface area contributed by atoms with Gasteiger partial charge in [0.1, 0.15) is 0 Å². The van der Waals surface area contributed by atoms with Gasteiger partial charge in [0.2, 0.25) is 0 Å². The topological polar surface area (TPSA) is 0 Å². The Morgan fingerprint density at radius 2 is 1.75 bits per heavy atom. The lowest BCUT2D eigenvalue weighted by atomic mass is 9.96. The number of fused-ring (bicyclic) bond motifs is 1. The maximum Gasteiger partial charge on any atom is -0.00577 e. The normalized spacial score (nSPS) is 13.2. The molecule has 0 nitrogen and oxygen atoms in total. The molecule has 0 aromatic heterocycles. The highest BCUT2D eigenvalue weighted by Crippen LogP contribution is 2.34. The van der Waals surface area contributed by atoms with Crippen LogP contribution in [0.4, 0.5) is 0 Å². The maximum absolute atomic E-state index is 2.39. The minimum atomic E-state index is 1.13. The van der Waals surface area contributed by atoms with Crippen LogP contribution in [0.1, 0.15) is 43.4 Å². The fourth-order valence-electron chi connectivity index (χ4n) is 3.06. The number of hydrogen-bond donors (Lipinski definition) is 0. The molecule has 0 radical (unpaired) electrons. The quantitative estimate of drug-likeness (QED) is 0.667. The highest BCUT2D eigenvalue weighted by Gasteiger charge is 2.15. The number of hydrogen-bond acceptors (Lipinski definition) is 0. The van der Waals surface area contributed by atoms with Crippen molar-refractivity contribution >= 4 is 6.08 Å². The van der Waals surface area contributed by atoms with Crippen LogP contribution in [0.3, 0.4) is 0 Å². The van der Waals surface area contributed by atoms with Crippen molar-refractivity contribution in [2.75, 3.05) is 0 Å². The Balaban J connectivity index is 1.99. The minimum absolute atomic E-state index is 1.13. The molecule has 1 aliphatic rings. The molecule has 0 bridgehead atoms. The monoisotopic (exact) mass is 262 g/mol. The lowest BCUT2D eigenvalue weighted by Crippen LogP contribution is -1.88. The second kappa shape index (κ2) is 5.66. The summed E-state index contributed by atoms with van der Waals surface area (Å²) in [5.41, 5.74) is 8.64. The van der Waals surface area contributed by atoms with Crippen LogP contribution < -0.4 is 0 Å². The van der Waals surface area contributed by atoms with E-state index >= 15 is 0 Å². The van der Waals surface area contributed by atoms with Crippen LogP contribution >= 0.6 is 0 Å². The first kappa shape index (κ1) is 13.2. The molecule has 0 heteroatoms. The summed E-state index contributed by atoms with van der Waals surface area (Å²) in [4.78, 5) is 0. The van der Waals surface area contributed by atoms with Gasteiger partial charge in [0, 0.05) is 0 Å². The zero-order chi connectivity index (χ0) is 13.9. The smallest absolute Gasteiger partial charge is 0.00577 e. The van der Waals surface area contributed by atoms with E-state index in [1.807, 2.05) is 0 Å². The van der Waals surface area contributed by atoms with Gasteiger partial charge in [-0.25, -0.2) is 0 Å². The maximum atomic E-state index is 2.39. The first-order valence-corrected chi connectivity index (χ1v) is 7.72. The van der Waals surface area contributed by atoms with Gasteiger partial charge in [0.15, 0.2) is 0 Å². The molecule has 3 rings (SSSR count). The summed E-state index contributed by atoms with van der Waals surface area (Å²) in [6, 6.07) is 15.8. The van der Waals surface area contributed by atoms with Gasteiger partial charge in [-0.3, -0.25) is 0 Å². The summed E-state index contributed by atoms with van der Waals surface area (Å²) >= 11 is 0. The van der Waals surface area contributed by atoms with Gasteiger partial charge in [-0.15, -0.1) is 0 Å². The fourth-order valence-corrected chi connectivity index (χ4v) is 3.06. The van der Waals surface area contributed by atoms with Crippen molar-refractivity contribution in [3.63, 3.8) is 0 Å². The molecule has 0 amide bonds. The standard InChI is InChI=1S/C20H22/c1-3-6-16-9-11-17(12-10-16)19-8-5-7-18-13-15(4-2)14-20(18)19/h5,7-12,14H,3-4,6,13H2,1-2H3. The van der Waals surface area contributed by atoms with Crippen molar-refractivity contribution in [1.82, 2.24) is 0 Å². The molecule has 0 atom stereocenters. The lowest BCUT2D eigenvalue weighted by Gasteiger charge is -2.08. The van der Waals surface area contributed by atoms with Gasteiger partial charge in [0.25, 0.3) is 0 Å². The van der Waals surface area contributed by atoms with E-state index in [-0.39, 0.29) is 0 Å². The van der Waals surface area contributed by atoms with Crippen LogP contribution in [0.15, 0.2) is 48.0 Å². The molecule has 0 unspecified atom stereocenters. The molecule has 2 aromatic rings. The molecule has 0 saturated heterocycles. The van der Waals surface area contributed by atoms with E-state index in [2.05, 4.69) is 62.4 Å². The van der Waals surface area contributed by atoms with Gasteiger partial charge in [-0.1, -0.05) is 74.4 Å². The predicted molar refractivity (Wildman–Crippen MR) is 87.8 cm³/mol. The van der Waals surface area contributed by atoms with E-state index in [0.717, 1.165) is 12.8 Å². The molecular formula is C20H22. The van der Waals surface area contributed by atoms with E-state index < -0.39 is 0 Å². The molecule has 20 heavy (non-hydrogen) atoms. The summed E-state index contributed by atoms with van der Waals surface area (Å²) in [6.07, 6.45) is 7.07. The molecule has 0 aliphatic heterocycles. The highest BCUT2D eigenvalue weighted by atomic mass is 14.2. The van der Waals surface area contributed by atoms with E-state index in [9.17, 15) is 0 Å². The first-order chi connectivity index (χ1) is 9.81. The average molecular weight is 262 g/mol. The molecule has 0 spiro atoms. The molecule has 102 valence electrons. The third kappa shape index (κ3) is 2.43. The molecular weight excluding hydrogens is 240 g/mol. The molecule has 2 aromatic carbocycles. The van der Waals surface area contributed by atoms with Gasteiger partial charge < -0.3 is 0 Å². The second-order valence-corrected chi connectivity index (χ2v) is 5.66. The van der Waals surface area contributed by atoms with Crippen LogP contribution in [0.25, 0.3) is 17.2 Å². The van der Waals surface area contributed by atoms with Crippen LogP contribution in [-0.4, -0.2) is 0 Å². The summed E-state index contributed by atoms with van der Waals surface area (Å²) in [6.45, 7) is 4.48. The van der Waals surface area contributed by atoms with Crippen molar-refractivity contribution < 1.29 is 0 Å². The molecule has 0 fully saturated rings. The van der Waals surface area contributed by atoms with Crippen molar-refractivity contribution in [1.29, 1.82) is 0 Å². The number of rotatable bonds is 4. The van der Waals surface area contributed by atoms with Gasteiger partial charge in [-0.05, 0) is 47.1 Å². The van der Waals surface area contributed by atoms with E-state index in [4.69, 9.17) is 0 Å². The van der Waals surface area contributed by atoms with Gasteiger partial charge in [-0.2, -0.15) is 0 Å². The largest absolute Gasteiger partial charge is 0.0655 e. The highest BCUT2D eigenvalue weighted by molar-refractivity contribution is 5.80. The van der Waals surface area contributed by atoms with Crippen molar-refractivity contribution in [3.8, 4) is 11.1 Å². The van der Waals surface area contributed by atoms with Crippen LogP contribution in [0, 0.1) is 0 Å². The summed E-state index contributed by atoms with van der Waals surface area (Å²) in [5, 5.41) is 0. The minimum Gasteiger partial charge on any atom is -0.0655 e. The zero-order valence-electron chi connectivity index (χ0n) is 12.4. The third-order valence-electron chi connectivity index (χ3n) is 4.22. The molecule has 0 saturated carbocycles. The summed E-state index contributed by atoms with van der Waals surface area (Å²) < 4.78 is 0. The number of allylic oxidation sites excluding steroid dienone is 1. The molecule has 1 aliphatic carbocycles. The molecule has 0 N–H and O–H groups in total. The molecule has 0 heterocycles. The summed E-state index contributed by atoms with van der Waals surface area (Å²) in [5.74, 6) is 0.